The third kappa shape index (κ3) is 15.7. The summed E-state index contributed by atoms with van der Waals surface area (Å²) in [5.74, 6) is -20.6. The van der Waals surface area contributed by atoms with Crippen LogP contribution >= 0.6 is 0 Å². The van der Waals surface area contributed by atoms with Gasteiger partial charge in [-0.1, -0.05) is 96.8 Å². The molecular formula is C27H44F8O4. The van der Waals surface area contributed by atoms with E-state index in [9.17, 15) is 44.7 Å². The quantitative estimate of drug-likeness (QED) is 0.0610. The lowest BCUT2D eigenvalue weighted by Gasteiger charge is -2.31. The zero-order valence-electron chi connectivity index (χ0n) is 22.9. The van der Waals surface area contributed by atoms with Crippen molar-refractivity contribution in [2.75, 3.05) is 13.2 Å². The molecular weight excluding hydrogens is 540 g/mol. The number of rotatable bonds is 25. The molecule has 0 N–H and O–H groups in total. The Labute approximate surface area is 226 Å². The molecule has 0 unspecified atom stereocenters. The maximum atomic E-state index is 13.3. The van der Waals surface area contributed by atoms with E-state index in [1.807, 2.05) is 0 Å². The fourth-order valence-electron chi connectivity index (χ4n) is 3.82. The summed E-state index contributed by atoms with van der Waals surface area (Å²) in [5.41, 5.74) is 0. The Hall–Kier alpha value is -1.62. The highest BCUT2D eigenvalue weighted by atomic mass is 19.4. The molecule has 0 atom stereocenters. The van der Waals surface area contributed by atoms with Crippen molar-refractivity contribution >= 4 is 11.9 Å². The van der Waals surface area contributed by atoms with E-state index in [1.165, 1.54) is 70.6 Å². The summed E-state index contributed by atoms with van der Waals surface area (Å²) in [4.78, 5) is 23.1. The molecule has 4 nitrogen and oxygen atoms in total. The molecule has 12 heteroatoms. The van der Waals surface area contributed by atoms with Crippen molar-refractivity contribution in [1.29, 1.82) is 0 Å². The van der Waals surface area contributed by atoms with E-state index in [1.54, 1.807) is 0 Å². The van der Waals surface area contributed by atoms with Gasteiger partial charge in [0, 0.05) is 12.8 Å². The van der Waals surface area contributed by atoms with Crippen LogP contribution in [0.1, 0.15) is 122 Å². The zero-order valence-corrected chi connectivity index (χ0v) is 22.9. The molecule has 0 aliphatic heterocycles. The summed E-state index contributed by atoms with van der Waals surface area (Å²) < 4.78 is 111. The summed E-state index contributed by atoms with van der Waals surface area (Å²) in [7, 11) is 0. The van der Waals surface area contributed by atoms with Gasteiger partial charge in [0.1, 0.15) is 0 Å². The number of halogens is 8. The van der Waals surface area contributed by atoms with E-state index >= 15 is 0 Å². The molecule has 0 aromatic heterocycles. The Morgan fingerprint density at radius 2 is 0.974 bits per heavy atom. The van der Waals surface area contributed by atoms with Gasteiger partial charge in [-0.2, -0.15) is 26.3 Å². The highest BCUT2D eigenvalue weighted by molar-refractivity contribution is 5.72. The van der Waals surface area contributed by atoms with Crippen LogP contribution in [-0.2, 0) is 19.1 Å². The minimum Gasteiger partial charge on any atom is -0.466 e. The molecule has 0 bridgehead atoms. The number of hydrogen-bond donors (Lipinski definition) is 0. The maximum Gasteiger partial charge on any atom is 0.381 e. The van der Waals surface area contributed by atoms with Crippen LogP contribution < -0.4 is 0 Å². The number of esters is 2. The molecule has 0 saturated heterocycles. The monoisotopic (exact) mass is 584 g/mol. The lowest BCUT2D eigenvalue weighted by molar-refractivity contribution is -0.344. The molecule has 0 fully saturated rings. The first-order valence-electron chi connectivity index (χ1n) is 14.0. The van der Waals surface area contributed by atoms with Crippen LogP contribution in [0.25, 0.3) is 0 Å². The van der Waals surface area contributed by atoms with Gasteiger partial charge >= 0.3 is 36.1 Å². The predicted molar refractivity (Wildman–Crippen MR) is 132 cm³/mol. The number of carbonyl (C=O) groups excluding carboxylic acids is 2. The van der Waals surface area contributed by atoms with Gasteiger partial charge in [0.25, 0.3) is 0 Å². The van der Waals surface area contributed by atoms with Gasteiger partial charge in [0.05, 0.1) is 6.61 Å². The standard InChI is InChI=1S/C27H44F8O4/c1-2-3-4-5-6-7-8-9-10-11-12-13-14-15-16-20-38-22(36)18-17-19-23(37)39-21-25(30,31)27(34,35)26(32,33)24(28)29/h24H,2-21H2,1H3. The van der Waals surface area contributed by atoms with Gasteiger partial charge in [-0.05, 0) is 12.8 Å². The summed E-state index contributed by atoms with van der Waals surface area (Å²) in [6, 6.07) is 0. The Balaban J connectivity index is 3.75. The molecule has 0 radical (unpaired) electrons. The largest absolute Gasteiger partial charge is 0.466 e. The first-order valence-corrected chi connectivity index (χ1v) is 14.0. The average molecular weight is 585 g/mol. The lowest BCUT2D eigenvalue weighted by atomic mass is 10.0. The van der Waals surface area contributed by atoms with Crippen molar-refractivity contribution in [3.63, 3.8) is 0 Å². The van der Waals surface area contributed by atoms with E-state index in [0.717, 1.165) is 19.3 Å². The van der Waals surface area contributed by atoms with Crippen LogP contribution in [0.5, 0.6) is 0 Å². The Kier molecular flexibility index (Phi) is 19.4. The molecule has 0 amide bonds. The molecule has 0 rings (SSSR count). The number of alkyl halides is 8. The minimum absolute atomic E-state index is 0.182. The van der Waals surface area contributed by atoms with Crippen molar-refractivity contribution < 1.29 is 54.2 Å². The first kappa shape index (κ1) is 37.4. The molecule has 0 heterocycles. The molecule has 0 saturated carbocycles. The first-order chi connectivity index (χ1) is 18.3. The average Bonchev–Trinajstić information content (AvgIpc) is 2.87. The second-order valence-electron chi connectivity index (χ2n) is 9.89. The third-order valence-corrected chi connectivity index (χ3v) is 6.34. The van der Waals surface area contributed by atoms with E-state index in [0.29, 0.717) is 6.42 Å². The molecule has 0 aromatic rings. The van der Waals surface area contributed by atoms with Crippen LogP contribution in [-0.4, -0.2) is 49.3 Å². The lowest BCUT2D eigenvalue weighted by Crippen LogP contribution is -2.59. The van der Waals surface area contributed by atoms with Gasteiger partial charge in [-0.3, -0.25) is 9.59 Å². The van der Waals surface area contributed by atoms with Crippen molar-refractivity contribution in [2.24, 2.45) is 0 Å². The van der Waals surface area contributed by atoms with Crippen LogP contribution in [0.2, 0.25) is 0 Å². The van der Waals surface area contributed by atoms with Crippen molar-refractivity contribution in [1.82, 2.24) is 0 Å². The second kappa shape index (κ2) is 20.3. The SMILES string of the molecule is CCCCCCCCCCCCCCCCCOC(=O)CCCC(=O)OCC(F)(F)C(F)(F)C(F)(F)C(F)F. The van der Waals surface area contributed by atoms with Crippen LogP contribution in [0.15, 0.2) is 0 Å². The smallest absolute Gasteiger partial charge is 0.381 e. The molecule has 232 valence electrons. The number of hydrogen-bond acceptors (Lipinski definition) is 4. The molecule has 0 aliphatic rings. The molecule has 39 heavy (non-hydrogen) atoms. The molecule has 0 aliphatic carbocycles. The van der Waals surface area contributed by atoms with E-state index < -0.39 is 49.2 Å². The number of carbonyl (C=O) groups is 2. The van der Waals surface area contributed by atoms with Gasteiger partial charge in [0.2, 0.25) is 0 Å². The highest BCUT2D eigenvalue weighted by Gasteiger charge is 2.75. The highest BCUT2D eigenvalue weighted by Crippen LogP contribution is 2.48. The van der Waals surface area contributed by atoms with Gasteiger partial charge in [-0.15, -0.1) is 0 Å². The second-order valence-corrected chi connectivity index (χ2v) is 9.89. The van der Waals surface area contributed by atoms with Crippen LogP contribution in [0.4, 0.5) is 35.1 Å². The molecule has 0 aromatic carbocycles. The fourth-order valence-corrected chi connectivity index (χ4v) is 3.82. The van der Waals surface area contributed by atoms with Gasteiger partial charge < -0.3 is 9.47 Å². The van der Waals surface area contributed by atoms with Crippen LogP contribution in [0, 0.1) is 0 Å². The van der Waals surface area contributed by atoms with Gasteiger partial charge in [-0.25, -0.2) is 8.78 Å². The predicted octanol–water partition coefficient (Wildman–Crippen LogP) is 9.29. The van der Waals surface area contributed by atoms with Crippen molar-refractivity contribution in [3.8, 4) is 0 Å². The maximum absolute atomic E-state index is 13.3. The summed E-state index contributed by atoms with van der Waals surface area (Å²) in [6.45, 7) is -0.112. The fraction of sp³-hybridized carbons (Fsp3) is 0.926. The van der Waals surface area contributed by atoms with Crippen molar-refractivity contribution in [2.45, 2.75) is 147 Å². The number of ether oxygens (including phenoxy) is 2. The Morgan fingerprint density at radius 1 is 0.590 bits per heavy atom. The van der Waals surface area contributed by atoms with Crippen molar-refractivity contribution in [3.05, 3.63) is 0 Å². The Bertz CT molecular complexity index is 660. The summed E-state index contributed by atoms with van der Waals surface area (Å²) in [5, 5.41) is 0. The topological polar surface area (TPSA) is 52.6 Å². The summed E-state index contributed by atoms with van der Waals surface area (Å²) in [6.07, 6.45) is 11.7. The van der Waals surface area contributed by atoms with Crippen LogP contribution in [0.3, 0.4) is 0 Å². The number of unbranched alkanes of at least 4 members (excludes halogenated alkanes) is 14. The van der Waals surface area contributed by atoms with E-state index in [2.05, 4.69) is 11.7 Å². The molecule has 0 spiro atoms. The normalized spacial score (nSPS) is 12.7. The minimum atomic E-state index is -6.44. The zero-order chi connectivity index (χ0) is 29.8. The Morgan fingerprint density at radius 3 is 1.38 bits per heavy atom. The van der Waals surface area contributed by atoms with Gasteiger partial charge in [0.15, 0.2) is 6.61 Å². The van der Waals surface area contributed by atoms with E-state index in [-0.39, 0.29) is 19.4 Å². The van der Waals surface area contributed by atoms with E-state index in [4.69, 9.17) is 4.74 Å². The third-order valence-electron chi connectivity index (χ3n) is 6.34. The summed E-state index contributed by atoms with van der Waals surface area (Å²) >= 11 is 0.